The zero-order chi connectivity index (χ0) is 12.2. The first-order valence-electron chi connectivity index (χ1n) is 5.62. The van der Waals surface area contributed by atoms with E-state index in [1.54, 1.807) is 18.0 Å². The molecule has 1 heterocycles. The smallest absolute Gasteiger partial charge is 0.219 e. The van der Waals surface area contributed by atoms with Gasteiger partial charge in [0.15, 0.2) is 0 Å². The Kier molecular flexibility index (Phi) is 4.66. The van der Waals surface area contributed by atoms with Crippen LogP contribution in [0.4, 0.5) is 0 Å². The van der Waals surface area contributed by atoms with Gasteiger partial charge in [-0.05, 0) is 16.7 Å². The van der Waals surface area contributed by atoms with E-state index in [0.29, 0.717) is 17.2 Å². The average Bonchev–Trinajstić information content (AvgIpc) is 2.59. The highest BCUT2D eigenvalue weighted by atomic mass is 32.2. The maximum absolute atomic E-state index is 5.35. The van der Waals surface area contributed by atoms with Gasteiger partial charge in [0.1, 0.15) is 6.26 Å². The van der Waals surface area contributed by atoms with Crippen LogP contribution < -0.4 is 0 Å². The highest BCUT2D eigenvalue weighted by molar-refractivity contribution is 8.02. The van der Waals surface area contributed by atoms with Gasteiger partial charge >= 0.3 is 0 Å². The lowest BCUT2D eigenvalue weighted by atomic mass is 10.0. The van der Waals surface area contributed by atoms with E-state index in [0.717, 1.165) is 11.4 Å². The van der Waals surface area contributed by atoms with E-state index in [1.807, 2.05) is 6.08 Å². The van der Waals surface area contributed by atoms with Gasteiger partial charge in [0.05, 0.1) is 5.69 Å². The molecular weight excluding hydrogens is 218 g/mol. The molecule has 0 N–H and O–H groups in total. The minimum absolute atomic E-state index is 0.356. The fourth-order valence-electron chi connectivity index (χ4n) is 1.05. The number of aromatic nitrogens is 1. The second-order valence-corrected chi connectivity index (χ2v) is 6.33. The van der Waals surface area contributed by atoms with E-state index in [-0.39, 0.29) is 0 Å². The van der Waals surface area contributed by atoms with Crippen molar-refractivity contribution in [2.75, 3.05) is 5.75 Å². The predicted molar refractivity (Wildman–Crippen MR) is 71.5 cm³/mol. The highest BCUT2D eigenvalue weighted by Crippen LogP contribution is 2.22. The molecule has 0 atom stereocenters. The predicted octanol–water partition coefficient (Wildman–Crippen LogP) is 4.55. The Hall–Kier alpha value is -0.700. The SMILES string of the molecule is CC(C)c1coc(/C=C/SCC(C)(C)C)n1. The number of thioether (sulfide) groups is 1. The number of hydrogen-bond donors (Lipinski definition) is 0. The molecule has 1 rings (SSSR count). The first kappa shape index (κ1) is 13.4. The standard InChI is InChI=1S/C13H21NOS/c1-10(2)11-8-15-12(14-11)6-7-16-9-13(3,4)5/h6-8,10H,9H2,1-5H3/b7-6+. The third-order valence-corrected chi connectivity index (χ3v) is 3.32. The molecule has 1 aromatic heterocycles. The van der Waals surface area contributed by atoms with Crippen molar-refractivity contribution in [2.24, 2.45) is 5.41 Å². The van der Waals surface area contributed by atoms with Gasteiger partial charge in [0.2, 0.25) is 5.89 Å². The van der Waals surface area contributed by atoms with Crippen LogP contribution in [0, 0.1) is 5.41 Å². The van der Waals surface area contributed by atoms with Crippen LogP contribution in [0.3, 0.4) is 0 Å². The lowest BCUT2D eigenvalue weighted by Crippen LogP contribution is -2.07. The zero-order valence-electron chi connectivity index (χ0n) is 10.8. The van der Waals surface area contributed by atoms with Crippen molar-refractivity contribution in [3.8, 4) is 0 Å². The van der Waals surface area contributed by atoms with E-state index >= 15 is 0 Å². The van der Waals surface area contributed by atoms with Crippen molar-refractivity contribution in [3.63, 3.8) is 0 Å². The van der Waals surface area contributed by atoms with Gasteiger partial charge in [0, 0.05) is 11.8 Å². The molecular formula is C13H21NOS. The molecule has 0 radical (unpaired) electrons. The number of rotatable bonds is 4. The summed E-state index contributed by atoms with van der Waals surface area (Å²) in [6.07, 6.45) is 3.67. The van der Waals surface area contributed by atoms with Gasteiger partial charge in [-0.1, -0.05) is 34.6 Å². The second kappa shape index (κ2) is 5.58. The van der Waals surface area contributed by atoms with Gasteiger partial charge in [-0.2, -0.15) is 0 Å². The molecule has 0 unspecified atom stereocenters. The van der Waals surface area contributed by atoms with Crippen LogP contribution in [-0.4, -0.2) is 10.7 Å². The van der Waals surface area contributed by atoms with Gasteiger partial charge < -0.3 is 4.42 Å². The molecule has 0 fully saturated rings. The molecule has 0 aliphatic carbocycles. The maximum Gasteiger partial charge on any atom is 0.219 e. The quantitative estimate of drug-likeness (QED) is 0.771. The van der Waals surface area contributed by atoms with Crippen molar-refractivity contribution in [2.45, 2.75) is 40.5 Å². The molecule has 0 spiro atoms. The number of nitrogens with zero attached hydrogens (tertiary/aromatic N) is 1. The Morgan fingerprint density at radius 1 is 1.44 bits per heavy atom. The monoisotopic (exact) mass is 239 g/mol. The molecule has 0 amide bonds. The Balaban J connectivity index is 2.44. The molecule has 3 heteroatoms. The van der Waals surface area contributed by atoms with Crippen molar-refractivity contribution in [1.29, 1.82) is 0 Å². The number of hydrogen-bond acceptors (Lipinski definition) is 3. The largest absolute Gasteiger partial charge is 0.445 e. The third kappa shape index (κ3) is 4.88. The van der Waals surface area contributed by atoms with Crippen molar-refractivity contribution in [3.05, 3.63) is 23.3 Å². The van der Waals surface area contributed by atoms with Crippen LogP contribution in [-0.2, 0) is 0 Å². The molecule has 1 aromatic rings. The van der Waals surface area contributed by atoms with E-state index < -0.39 is 0 Å². The Morgan fingerprint density at radius 3 is 2.62 bits per heavy atom. The van der Waals surface area contributed by atoms with E-state index in [1.165, 1.54) is 0 Å². The molecule has 0 saturated carbocycles. The molecule has 0 aliphatic rings. The summed E-state index contributed by atoms with van der Waals surface area (Å²) in [6, 6.07) is 0. The number of oxazole rings is 1. The van der Waals surface area contributed by atoms with Crippen molar-refractivity contribution < 1.29 is 4.42 Å². The minimum atomic E-state index is 0.356. The minimum Gasteiger partial charge on any atom is -0.445 e. The van der Waals surface area contributed by atoms with Gasteiger partial charge in [-0.15, -0.1) is 11.8 Å². The highest BCUT2D eigenvalue weighted by Gasteiger charge is 2.08. The lowest BCUT2D eigenvalue weighted by molar-refractivity contribution is 0.481. The molecule has 90 valence electrons. The normalized spacial score (nSPS) is 12.9. The fraction of sp³-hybridized carbons (Fsp3) is 0.615. The summed E-state index contributed by atoms with van der Waals surface area (Å²) >= 11 is 1.79. The Labute approximate surface area is 103 Å². The van der Waals surface area contributed by atoms with Gasteiger partial charge in [-0.3, -0.25) is 0 Å². The van der Waals surface area contributed by atoms with Crippen molar-refractivity contribution in [1.82, 2.24) is 4.98 Å². The summed E-state index contributed by atoms with van der Waals surface area (Å²) in [7, 11) is 0. The molecule has 16 heavy (non-hydrogen) atoms. The van der Waals surface area contributed by atoms with Crippen LogP contribution >= 0.6 is 11.8 Å². The van der Waals surface area contributed by atoms with Crippen molar-refractivity contribution >= 4 is 17.8 Å². The summed E-state index contributed by atoms with van der Waals surface area (Å²) < 4.78 is 5.35. The summed E-state index contributed by atoms with van der Waals surface area (Å²) in [6.45, 7) is 10.9. The van der Waals surface area contributed by atoms with E-state index in [9.17, 15) is 0 Å². The summed E-state index contributed by atoms with van der Waals surface area (Å²) in [4.78, 5) is 4.38. The van der Waals surface area contributed by atoms with E-state index in [2.05, 4.69) is 45.0 Å². The topological polar surface area (TPSA) is 26.0 Å². The summed E-state index contributed by atoms with van der Waals surface area (Å²) in [5.41, 5.74) is 1.37. The molecule has 0 bridgehead atoms. The van der Waals surface area contributed by atoms with Crippen LogP contribution in [0.5, 0.6) is 0 Å². The molecule has 0 aliphatic heterocycles. The molecule has 0 saturated heterocycles. The summed E-state index contributed by atoms with van der Waals surface area (Å²) in [5.74, 6) is 2.22. The van der Waals surface area contributed by atoms with Crippen LogP contribution in [0.2, 0.25) is 0 Å². The van der Waals surface area contributed by atoms with Crippen LogP contribution in [0.1, 0.15) is 52.1 Å². The van der Waals surface area contributed by atoms with Crippen LogP contribution in [0.15, 0.2) is 16.1 Å². The molecule has 2 nitrogen and oxygen atoms in total. The Bertz CT molecular complexity index is 347. The Morgan fingerprint density at radius 2 is 2.12 bits per heavy atom. The maximum atomic E-state index is 5.35. The second-order valence-electron chi connectivity index (χ2n) is 5.44. The fourth-order valence-corrected chi connectivity index (χ4v) is 1.86. The zero-order valence-corrected chi connectivity index (χ0v) is 11.6. The molecule has 0 aromatic carbocycles. The van der Waals surface area contributed by atoms with Crippen LogP contribution in [0.25, 0.3) is 6.08 Å². The summed E-state index contributed by atoms with van der Waals surface area (Å²) in [5, 5.41) is 2.06. The van der Waals surface area contributed by atoms with E-state index in [4.69, 9.17) is 4.42 Å². The van der Waals surface area contributed by atoms with Gasteiger partial charge in [-0.25, -0.2) is 4.98 Å². The first-order valence-corrected chi connectivity index (χ1v) is 6.67. The third-order valence-electron chi connectivity index (χ3n) is 1.95. The first-order chi connectivity index (χ1) is 7.38. The lowest BCUT2D eigenvalue weighted by Gasteiger charge is -2.15. The average molecular weight is 239 g/mol. The van der Waals surface area contributed by atoms with Gasteiger partial charge in [0.25, 0.3) is 0 Å².